The minimum Gasteiger partial charge on any atom is -0.194 e. The Kier molecular flexibility index (Phi) is 2.86. The molecule has 11 heavy (non-hydrogen) atoms. The number of thiol groups is 1. The first-order valence-electron chi connectivity index (χ1n) is 3.87. The summed E-state index contributed by atoms with van der Waals surface area (Å²) in [7, 11) is 0. The Labute approximate surface area is 74.3 Å². The first-order chi connectivity index (χ1) is 4.97. The zero-order valence-corrected chi connectivity index (χ0v) is 9.12. The third kappa shape index (κ3) is 2.59. The second-order valence-corrected chi connectivity index (χ2v) is 7.92. The van der Waals surface area contributed by atoms with Crippen LogP contribution in [0.25, 0.3) is 0 Å². The Morgan fingerprint density at radius 3 is 2.18 bits per heavy atom. The smallest absolute Gasteiger partial charge is 0.194 e. The van der Waals surface area contributed by atoms with Gasteiger partial charge >= 0.3 is 6.92 Å². The van der Waals surface area contributed by atoms with E-state index >= 15 is 0 Å². The molecule has 2 nitrogen and oxygen atoms in total. The molecule has 1 aliphatic heterocycles. The van der Waals surface area contributed by atoms with Crippen molar-refractivity contribution >= 4 is 19.2 Å². The van der Waals surface area contributed by atoms with Gasteiger partial charge in [0.05, 0.1) is 12.2 Å². The molecule has 66 valence electrons. The zero-order chi connectivity index (χ0) is 8.54. The second-order valence-electron chi connectivity index (χ2n) is 3.66. The number of hydrogen-bond donors (Lipinski definition) is 1. The summed E-state index contributed by atoms with van der Waals surface area (Å²) in [6.45, 7) is 6.15. The average Bonchev–Trinajstić information content (AvgIpc) is 1.97. The first-order valence-corrected chi connectivity index (χ1v) is 6.84. The van der Waals surface area contributed by atoms with Crippen molar-refractivity contribution in [3.05, 3.63) is 0 Å². The van der Waals surface area contributed by atoms with Gasteiger partial charge in [-0.2, -0.15) is 9.05 Å². The topological polar surface area (TPSA) is 18.5 Å². The predicted molar refractivity (Wildman–Crippen MR) is 52.1 cm³/mol. The van der Waals surface area contributed by atoms with Gasteiger partial charge in [-0.25, -0.2) is 0 Å². The summed E-state index contributed by atoms with van der Waals surface area (Å²) >= 11 is 4.39. The maximum atomic E-state index is 5.58. The lowest BCUT2D eigenvalue weighted by molar-refractivity contribution is 0.0591. The molecule has 1 saturated heterocycles. The van der Waals surface area contributed by atoms with Crippen molar-refractivity contribution in [3.8, 4) is 0 Å². The molecule has 1 aliphatic rings. The van der Waals surface area contributed by atoms with E-state index in [1.807, 2.05) is 0 Å². The van der Waals surface area contributed by atoms with Crippen LogP contribution in [0.4, 0.5) is 0 Å². The van der Waals surface area contributed by atoms with E-state index in [0.29, 0.717) is 0 Å². The van der Waals surface area contributed by atoms with E-state index in [4.69, 9.17) is 9.05 Å². The lowest BCUT2D eigenvalue weighted by Gasteiger charge is -2.31. The molecule has 0 N–H and O–H groups in total. The van der Waals surface area contributed by atoms with E-state index in [1.165, 1.54) is 0 Å². The lowest BCUT2D eigenvalue weighted by atomic mass is 9.97. The summed E-state index contributed by atoms with van der Waals surface area (Å²) in [5, 5.41) is 0. The fourth-order valence-electron chi connectivity index (χ4n) is 0.813. The van der Waals surface area contributed by atoms with Gasteiger partial charge in [0, 0.05) is 5.41 Å². The molecule has 0 aromatic carbocycles. The van der Waals surface area contributed by atoms with Gasteiger partial charge in [0.1, 0.15) is 19.4 Å². The van der Waals surface area contributed by atoms with Crippen molar-refractivity contribution in [1.82, 2.24) is 0 Å². The largest absolute Gasteiger partial charge is 0.329 e. The van der Waals surface area contributed by atoms with Crippen LogP contribution in [-0.4, -0.2) is 19.4 Å². The molecule has 0 atom stereocenters. The Morgan fingerprint density at radius 2 is 1.82 bits per heavy atom. The maximum Gasteiger partial charge on any atom is 0.329 e. The van der Waals surface area contributed by atoms with Crippen LogP contribution < -0.4 is 0 Å². The van der Waals surface area contributed by atoms with E-state index in [2.05, 4.69) is 33.0 Å². The molecule has 1 rings (SSSR count). The van der Waals surface area contributed by atoms with Gasteiger partial charge in [0.15, 0.2) is 0 Å². The first kappa shape index (κ1) is 9.79. The Bertz CT molecular complexity index is 139. The molecular weight excluding hydrogens is 179 g/mol. The fraction of sp³-hybridized carbons (Fsp3) is 1.00. The van der Waals surface area contributed by atoms with Crippen LogP contribution in [0.2, 0.25) is 0 Å². The third-order valence-electron chi connectivity index (χ3n) is 1.71. The third-order valence-corrected chi connectivity index (χ3v) is 5.12. The highest BCUT2D eigenvalue weighted by molar-refractivity contribution is 8.49. The summed E-state index contributed by atoms with van der Waals surface area (Å²) in [6, 6.07) is 0. The van der Waals surface area contributed by atoms with E-state index in [-0.39, 0.29) is 5.41 Å². The van der Waals surface area contributed by atoms with Gasteiger partial charge in [-0.15, -0.1) is 0 Å². The molecule has 0 saturated carbocycles. The SMILES string of the molecule is CC[P+]1(S)OCC(C)(C)CO1. The summed E-state index contributed by atoms with van der Waals surface area (Å²) in [5.74, 6) is 0. The maximum absolute atomic E-state index is 5.58. The van der Waals surface area contributed by atoms with Gasteiger partial charge in [0.2, 0.25) is 0 Å². The molecule has 0 aromatic rings. The Morgan fingerprint density at radius 1 is 1.36 bits per heavy atom. The monoisotopic (exact) mass is 195 g/mol. The van der Waals surface area contributed by atoms with E-state index in [9.17, 15) is 0 Å². The van der Waals surface area contributed by atoms with Crippen LogP contribution in [0.1, 0.15) is 20.8 Å². The van der Waals surface area contributed by atoms with Gasteiger partial charge in [-0.05, 0) is 6.92 Å². The molecular formula is C7H16O2PS+. The fourth-order valence-corrected chi connectivity index (χ4v) is 2.70. The van der Waals surface area contributed by atoms with Crippen molar-refractivity contribution in [2.45, 2.75) is 20.8 Å². The van der Waals surface area contributed by atoms with Gasteiger partial charge in [-0.3, -0.25) is 0 Å². The van der Waals surface area contributed by atoms with Gasteiger partial charge in [0.25, 0.3) is 0 Å². The summed E-state index contributed by atoms with van der Waals surface area (Å²) < 4.78 is 11.2. The van der Waals surface area contributed by atoms with E-state index in [1.54, 1.807) is 0 Å². The zero-order valence-electron chi connectivity index (χ0n) is 7.33. The molecule has 0 spiro atoms. The molecule has 4 heteroatoms. The van der Waals surface area contributed by atoms with Crippen LogP contribution in [0.15, 0.2) is 0 Å². The van der Waals surface area contributed by atoms with Crippen LogP contribution in [0, 0.1) is 5.41 Å². The summed E-state index contributed by atoms with van der Waals surface area (Å²) in [5.41, 5.74) is 0.168. The molecule has 0 bridgehead atoms. The minimum atomic E-state index is -1.73. The Balaban J connectivity index is 2.48. The molecule has 0 radical (unpaired) electrons. The van der Waals surface area contributed by atoms with Crippen molar-refractivity contribution in [2.75, 3.05) is 19.4 Å². The van der Waals surface area contributed by atoms with Crippen LogP contribution in [0.3, 0.4) is 0 Å². The highest BCUT2D eigenvalue weighted by Gasteiger charge is 2.44. The van der Waals surface area contributed by atoms with E-state index in [0.717, 1.165) is 19.4 Å². The molecule has 0 amide bonds. The van der Waals surface area contributed by atoms with Gasteiger partial charge < -0.3 is 0 Å². The van der Waals surface area contributed by atoms with Crippen LogP contribution >= 0.6 is 19.2 Å². The lowest BCUT2D eigenvalue weighted by Crippen LogP contribution is -2.30. The standard InChI is InChI=1S/C7H16O2PS/c1-4-10(11)8-5-7(2,3)6-9-10/h11H,4-6H2,1-3H3/q+1. The van der Waals surface area contributed by atoms with Crippen LogP contribution in [0.5, 0.6) is 0 Å². The average molecular weight is 195 g/mol. The van der Waals surface area contributed by atoms with Crippen LogP contribution in [-0.2, 0) is 9.05 Å². The molecule has 0 unspecified atom stereocenters. The van der Waals surface area contributed by atoms with Crippen molar-refractivity contribution < 1.29 is 9.05 Å². The number of hydrogen-bond acceptors (Lipinski definition) is 3. The van der Waals surface area contributed by atoms with Crippen molar-refractivity contribution in [2.24, 2.45) is 5.41 Å². The highest BCUT2D eigenvalue weighted by Crippen LogP contribution is 2.68. The van der Waals surface area contributed by atoms with Crippen molar-refractivity contribution in [3.63, 3.8) is 0 Å². The summed E-state index contributed by atoms with van der Waals surface area (Å²) in [4.78, 5) is 0. The number of rotatable bonds is 1. The molecule has 0 aliphatic carbocycles. The van der Waals surface area contributed by atoms with E-state index < -0.39 is 6.92 Å². The molecule has 1 heterocycles. The molecule has 0 aromatic heterocycles. The van der Waals surface area contributed by atoms with Gasteiger partial charge in [-0.1, -0.05) is 13.8 Å². The van der Waals surface area contributed by atoms with Crippen molar-refractivity contribution in [1.29, 1.82) is 0 Å². The molecule has 1 fully saturated rings. The highest BCUT2D eigenvalue weighted by atomic mass is 32.7. The predicted octanol–water partition coefficient (Wildman–Crippen LogP) is 2.77. The normalized spacial score (nSPS) is 28.4. The Hall–Kier alpha value is 0.700. The summed E-state index contributed by atoms with van der Waals surface area (Å²) in [6.07, 6.45) is 0.895. The quantitative estimate of drug-likeness (QED) is 0.512. The second kappa shape index (κ2) is 3.21. The minimum absolute atomic E-state index is 0.168.